The molecule has 10 heteroatoms. The van der Waals surface area contributed by atoms with E-state index in [9.17, 15) is 21.6 Å². The van der Waals surface area contributed by atoms with Crippen molar-refractivity contribution in [1.82, 2.24) is 0 Å². The van der Waals surface area contributed by atoms with Gasteiger partial charge in [0.05, 0.1) is 29.7 Å². The number of rotatable bonds is 14. The molecule has 0 radical (unpaired) electrons. The van der Waals surface area contributed by atoms with Gasteiger partial charge in [0.25, 0.3) is 0 Å². The first kappa shape index (κ1) is 42.3. The summed E-state index contributed by atoms with van der Waals surface area (Å²) in [6.45, 7) is 9.99. The van der Waals surface area contributed by atoms with Crippen LogP contribution in [0.2, 0.25) is 0 Å². The van der Waals surface area contributed by atoms with Crippen LogP contribution >= 0.6 is 0 Å². The molecule has 0 N–H and O–H groups in total. The number of unbranched alkanes of at least 4 members (excludes halogenated alkanes) is 3. The van der Waals surface area contributed by atoms with E-state index in [1.165, 1.54) is 69.6 Å². The monoisotopic (exact) mass is 719 g/mol. The fraction of sp³-hybridized carbons (Fsp3) is 0.500. The average molecular weight is 720 g/mol. The molecule has 46 heavy (non-hydrogen) atoms. The highest BCUT2D eigenvalue weighted by molar-refractivity contribution is 7.97. The van der Waals surface area contributed by atoms with E-state index in [0.29, 0.717) is 22.0 Å². The number of aryl methyl sites for hydroxylation is 2. The molecular weight excluding hydrogens is 666 g/mol. The lowest BCUT2D eigenvalue weighted by atomic mass is 10.1. The second kappa shape index (κ2) is 22.0. The van der Waals surface area contributed by atoms with Gasteiger partial charge in [-0.05, 0) is 90.3 Å². The standard InChI is InChI=1S/C21H18F3O3S2.C12H27S.C3H9S/c1-15-13-19(14-16(2)20(15)27-29(25,26)21(22,23)24)28(17-9-5-3-6-10-17)18-11-7-4-8-12-18;1-4-7-10-13(11-8-5-2)12-9-6-3;1-4(2)3/h3-14H,1-2H3;4-12H2,1-3H3;1-3H3/q3*+1. The fourth-order valence-corrected chi connectivity index (χ4v) is 9.73. The van der Waals surface area contributed by atoms with E-state index in [-0.39, 0.29) is 5.75 Å². The zero-order valence-electron chi connectivity index (χ0n) is 28.8. The van der Waals surface area contributed by atoms with E-state index in [2.05, 4.69) is 43.7 Å². The molecule has 0 unspecified atom stereocenters. The Morgan fingerprint density at radius 1 is 0.652 bits per heavy atom. The maximum absolute atomic E-state index is 12.7. The Hall–Kier alpha value is -1.75. The molecule has 0 spiro atoms. The highest BCUT2D eigenvalue weighted by Crippen LogP contribution is 2.37. The molecule has 0 heterocycles. The van der Waals surface area contributed by atoms with Crippen LogP contribution < -0.4 is 4.18 Å². The van der Waals surface area contributed by atoms with Gasteiger partial charge in [-0.3, -0.25) is 0 Å². The minimum absolute atomic E-state index is 0.296. The molecule has 3 aromatic rings. The first-order valence-electron chi connectivity index (χ1n) is 15.8. The third kappa shape index (κ3) is 15.4. The summed E-state index contributed by atoms with van der Waals surface area (Å²) < 4.78 is 65.5. The van der Waals surface area contributed by atoms with E-state index < -0.39 is 26.5 Å². The van der Waals surface area contributed by atoms with Gasteiger partial charge < -0.3 is 4.18 Å². The van der Waals surface area contributed by atoms with Crippen LogP contribution in [0.5, 0.6) is 5.75 Å². The molecule has 0 atom stereocenters. The van der Waals surface area contributed by atoms with Crippen LogP contribution in [0, 0.1) is 13.8 Å². The predicted octanol–water partition coefficient (Wildman–Crippen LogP) is 10.1. The van der Waals surface area contributed by atoms with Gasteiger partial charge in [0.1, 0.15) is 23.0 Å². The number of hydrogen-bond acceptors (Lipinski definition) is 3. The second-order valence-corrected chi connectivity index (χ2v) is 19.8. The van der Waals surface area contributed by atoms with Gasteiger partial charge in [-0.2, -0.15) is 21.6 Å². The topological polar surface area (TPSA) is 43.4 Å². The predicted molar refractivity (Wildman–Crippen MR) is 198 cm³/mol. The fourth-order valence-electron chi connectivity index (χ4n) is 4.19. The van der Waals surface area contributed by atoms with E-state index >= 15 is 0 Å². The number of halogens is 3. The van der Waals surface area contributed by atoms with Gasteiger partial charge in [0.2, 0.25) is 0 Å². The maximum atomic E-state index is 12.7. The molecule has 0 bridgehead atoms. The lowest BCUT2D eigenvalue weighted by molar-refractivity contribution is -0.0500. The van der Waals surface area contributed by atoms with Crippen molar-refractivity contribution >= 4 is 42.8 Å². The third-order valence-corrected chi connectivity index (χ3v) is 12.2. The Morgan fingerprint density at radius 2 is 1.00 bits per heavy atom. The van der Waals surface area contributed by atoms with Gasteiger partial charge >= 0.3 is 15.6 Å². The van der Waals surface area contributed by atoms with Gasteiger partial charge in [0.15, 0.2) is 14.7 Å². The van der Waals surface area contributed by atoms with Crippen molar-refractivity contribution in [2.45, 2.75) is 93.3 Å². The number of benzene rings is 3. The van der Waals surface area contributed by atoms with Crippen LogP contribution in [0.25, 0.3) is 0 Å². The van der Waals surface area contributed by atoms with Crippen molar-refractivity contribution in [3.8, 4) is 5.75 Å². The quantitative estimate of drug-likeness (QED) is 0.0947. The normalized spacial score (nSPS) is 11.6. The summed E-state index contributed by atoms with van der Waals surface area (Å²) in [7, 11) is -4.83. The lowest BCUT2D eigenvalue weighted by Crippen LogP contribution is -2.28. The van der Waals surface area contributed by atoms with Crippen LogP contribution in [0.15, 0.2) is 87.5 Å². The lowest BCUT2D eigenvalue weighted by Gasteiger charge is -2.15. The first-order valence-corrected chi connectivity index (χ1v) is 22.6. The van der Waals surface area contributed by atoms with Gasteiger partial charge in [-0.15, -0.1) is 0 Å². The summed E-state index contributed by atoms with van der Waals surface area (Å²) in [4.78, 5) is 2.93. The molecule has 0 saturated heterocycles. The van der Waals surface area contributed by atoms with E-state index in [0.717, 1.165) is 25.6 Å². The smallest absolute Gasteiger partial charge is 0.375 e. The minimum atomic E-state index is -5.73. The van der Waals surface area contributed by atoms with Crippen molar-refractivity contribution < 1.29 is 25.8 Å². The second-order valence-electron chi connectivity index (χ2n) is 11.3. The Morgan fingerprint density at radius 3 is 1.30 bits per heavy atom. The highest BCUT2D eigenvalue weighted by Gasteiger charge is 2.49. The van der Waals surface area contributed by atoms with Crippen LogP contribution in [0.4, 0.5) is 13.2 Å². The van der Waals surface area contributed by atoms with Crippen molar-refractivity contribution in [3.63, 3.8) is 0 Å². The molecule has 258 valence electrons. The molecule has 0 aliphatic rings. The average Bonchev–Trinajstić information content (AvgIpc) is 2.99. The molecule has 3 nitrogen and oxygen atoms in total. The molecule has 3 aromatic carbocycles. The van der Waals surface area contributed by atoms with Crippen molar-refractivity contribution in [2.24, 2.45) is 0 Å². The van der Waals surface area contributed by atoms with Crippen molar-refractivity contribution in [2.75, 3.05) is 36.0 Å². The number of hydrogen-bond donors (Lipinski definition) is 0. The SMILES string of the molecule is CCCC[S+](CCCC)CCCC.C[S+](C)C.Cc1cc([S+](c2ccccc2)c2ccccc2)cc(C)c1OS(=O)(=O)C(F)(F)F. The Bertz CT molecular complexity index is 1270. The Kier molecular flexibility index (Phi) is 20.2. The maximum Gasteiger partial charge on any atom is 0.534 e. The summed E-state index contributed by atoms with van der Waals surface area (Å²) >= 11 is 0. The molecule has 0 aliphatic carbocycles. The zero-order chi connectivity index (χ0) is 34.8. The summed E-state index contributed by atoms with van der Waals surface area (Å²) in [5.41, 5.74) is -4.85. The van der Waals surface area contributed by atoms with Gasteiger partial charge in [-0.25, -0.2) is 0 Å². The molecule has 0 fully saturated rings. The molecular formula is C36H54F3O3S4+3. The van der Waals surface area contributed by atoms with Gasteiger partial charge in [0, 0.05) is 12.1 Å². The number of alkyl halides is 3. The largest absolute Gasteiger partial charge is 0.534 e. The molecule has 0 amide bonds. The van der Waals surface area contributed by atoms with Crippen LogP contribution in [0.1, 0.15) is 70.4 Å². The summed E-state index contributed by atoms with van der Waals surface area (Å²) in [6.07, 6.45) is 15.1. The van der Waals surface area contributed by atoms with Crippen molar-refractivity contribution in [3.05, 3.63) is 83.9 Å². The summed E-state index contributed by atoms with van der Waals surface area (Å²) in [5, 5.41) is 0. The highest BCUT2D eigenvalue weighted by atomic mass is 32.2. The molecule has 0 aliphatic heterocycles. The van der Waals surface area contributed by atoms with Gasteiger partial charge in [-0.1, -0.05) is 76.4 Å². The Labute approximate surface area is 286 Å². The minimum Gasteiger partial charge on any atom is -0.375 e. The Balaban J connectivity index is 0.000000519. The zero-order valence-corrected chi connectivity index (χ0v) is 32.0. The van der Waals surface area contributed by atoms with E-state index in [4.69, 9.17) is 0 Å². The third-order valence-electron chi connectivity index (χ3n) is 6.46. The first-order chi connectivity index (χ1) is 21.7. The summed E-state index contributed by atoms with van der Waals surface area (Å²) in [6, 6.07) is 22.8. The molecule has 0 aromatic heterocycles. The van der Waals surface area contributed by atoms with Crippen LogP contribution in [-0.4, -0.2) is 50.0 Å². The van der Waals surface area contributed by atoms with Crippen LogP contribution in [-0.2, 0) is 42.8 Å². The molecule has 0 saturated carbocycles. The van der Waals surface area contributed by atoms with E-state index in [1.807, 2.05) is 60.7 Å². The summed E-state index contributed by atoms with van der Waals surface area (Å²) in [5.74, 6) is 4.24. The van der Waals surface area contributed by atoms with Crippen LogP contribution in [0.3, 0.4) is 0 Å². The van der Waals surface area contributed by atoms with E-state index in [1.54, 1.807) is 12.1 Å². The molecule has 3 rings (SSSR count). The van der Waals surface area contributed by atoms with Crippen molar-refractivity contribution in [1.29, 1.82) is 0 Å².